The molecule has 103 valence electrons. The molecule has 0 saturated carbocycles. The molecule has 0 aromatic heterocycles. The first-order valence-electron chi connectivity index (χ1n) is 6.17. The van der Waals surface area contributed by atoms with Gasteiger partial charge >= 0.3 is 0 Å². The van der Waals surface area contributed by atoms with Gasteiger partial charge in [-0.25, -0.2) is 4.99 Å². The van der Waals surface area contributed by atoms with E-state index in [-0.39, 0.29) is 20.3 Å². The second-order valence-corrected chi connectivity index (χ2v) is 4.07. The van der Waals surface area contributed by atoms with E-state index >= 15 is 0 Å². The molecule has 0 spiro atoms. The minimum Gasteiger partial charge on any atom is -0.369 e. The Morgan fingerprint density at radius 1 is 1.00 bits per heavy atom. The topological polar surface area (TPSA) is 67.5 Å². The van der Waals surface area contributed by atoms with Crippen LogP contribution in [0.1, 0.15) is 5.56 Å². The molecular weight excluding hydrogens is 261 g/mol. The molecule has 21 heavy (non-hydrogen) atoms. The fourth-order valence-electron chi connectivity index (χ4n) is 1.57. The summed E-state index contributed by atoms with van der Waals surface area (Å²) in [5.74, 6) is -0.245. The summed E-state index contributed by atoms with van der Waals surface area (Å²) in [7, 11) is 0. The molecule has 2 aromatic carbocycles. The fraction of sp³-hybridized carbons (Fsp3) is 0. The number of hydrogen-bond donors (Lipinski definition) is 2. The molecule has 0 fully saturated rings. The van der Waals surface area contributed by atoms with E-state index in [1.54, 1.807) is 18.2 Å². The van der Waals surface area contributed by atoms with Crippen molar-refractivity contribution in [2.75, 3.05) is 0 Å². The minimum atomic E-state index is -0.314. The van der Waals surface area contributed by atoms with Gasteiger partial charge in [0.05, 0.1) is 5.69 Å². The predicted octanol–water partition coefficient (Wildman–Crippen LogP) is 2.08. The Morgan fingerprint density at radius 2 is 1.57 bits per heavy atom. The summed E-state index contributed by atoms with van der Waals surface area (Å²) in [6.07, 6.45) is 3.13. The molecule has 0 bridgehead atoms. The van der Waals surface area contributed by atoms with Gasteiger partial charge in [0, 0.05) is 14.5 Å². The zero-order valence-electron chi connectivity index (χ0n) is 11.4. The Kier molecular flexibility index (Phi) is 6.48. The van der Waals surface area contributed by atoms with E-state index < -0.39 is 0 Å². The molecule has 0 aliphatic heterocycles. The van der Waals surface area contributed by atoms with Crippen LogP contribution in [0.25, 0.3) is 6.08 Å². The maximum Gasteiger partial charge on any atom is 0.250 e. The van der Waals surface area contributed by atoms with Crippen LogP contribution in [0.3, 0.4) is 0 Å². The molecule has 5 heteroatoms. The van der Waals surface area contributed by atoms with Crippen LogP contribution < -0.4 is 11.1 Å². The number of para-hydroxylation sites is 1. The molecule has 1 amide bonds. The Labute approximate surface area is 126 Å². The van der Waals surface area contributed by atoms with Crippen molar-refractivity contribution in [2.45, 2.75) is 0 Å². The van der Waals surface area contributed by atoms with E-state index in [2.05, 4.69) is 10.3 Å². The van der Waals surface area contributed by atoms with Gasteiger partial charge in [-0.05, 0) is 23.8 Å². The first kappa shape index (κ1) is 16.2. The average molecular weight is 276 g/mol. The van der Waals surface area contributed by atoms with Gasteiger partial charge < -0.3 is 5.73 Å². The Balaban J connectivity index is 0.00000220. The van der Waals surface area contributed by atoms with Crippen LogP contribution in [-0.2, 0) is 4.79 Å². The highest BCUT2D eigenvalue weighted by Gasteiger charge is 1.98. The molecule has 2 rings (SSSR count). The van der Waals surface area contributed by atoms with Crippen LogP contribution in [0.2, 0.25) is 0 Å². The Bertz CT molecular complexity index is 624. The van der Waals surface area contributed by atoms with Crippen molar-refractivity contribution >= 4 is 32.0 Å². The summed E-state index contributed by atoms with van der Waals surface area (Å²) in [6, 6.07) is 18.7. The summed E-state index contributed by atoms with van der Waals surface area (Å²) in [6.45, 7) is 0. The monoisotopic (exact) mass is 276 g/mol. The Morgan fingerprint density at radius 3 is 2.19 bits per heavy atom. The number of hydrogen-bond acceptors (Lipinski definition) is 2. The van der Waals surface area contributed by atoms with E-state index in [9.17, 15) is 4.79 Å². The molecule has 4 nitrogen and oxygen atoms in total. The van der Waals surface area contributed by atoms with E-state index in [0.717, 1.165) is 5.56 Å². The lowest BCUT2D eigenvalue weighted by Crippen LogP contribution is -2.35. The van der Waals surface area contributed by atoms with Gasteiger partial charge in [0.25, 0.3) is 5.91 Å². The molecule has 3 radical (unpaired) electrons. The maximum absolute atomic E-state index is 11.7. The van der Waals surface area contributed by atoms with Gasteiger partial charge in [-0.2, -0.15) is 0 Å². The lowest BCUT2D eigenvalue weighted by Gasteiger charge is -2.01. The van der Waals surface area contributed by atoms with Crippen molar-refractivity contribution in [3.63, 3.8) is 0 Å². The first-order chi connectivity index (χ1) is 9.74. The standard InChI is InChI=1S/C16H15N3O.B/c17-16(18-14-9-5-2-6-10-14)19-15(20)12-11-13-7-3-1-4-8-13;/h1-12H,(H3,17,18,19,20);/b12-11+;. The largest absolute Gasteiger partial charge is 0.369 e. The SMILES string of the molecule is NC(=Nc1ccccc1)NC(=O)/C=C/c1ccccc1.[B]. The highest BCUT2D eigenvalue weighted by atomic mass is 16.1. The van der Waals surface area contributed by atoms with Crippen LogP contribution in [0, 0.1) is 0 Å². The average Bonchev–Trinajstić information content (AvgIpc) is 2.47. The Hall–Kier alpha value is -2.82. The minimum absolute atomic E-state index is 0. The van der Waals surface area contributed by atoms with Gasteiger partial charge in [-0.3, -0.25) is 10.1 Å². The second-order valence-electron chi connectivity index (χ2n) is 4.07. The number of rotatable bonds is 3. The van der Waals surface area contributed by atoms with Crippen molar-refractivity contribution in [3.8, 4) is 0 Å². The maximum atomic E-state index is 11.7. The number of carbonyl (C=O) groups excluding carboxylic acids is 1. The molecule has 0 unspecified atom stereocenters. The number of benzene rings is 2. The van der Waals surface area contributed by atoms with Gasteiger partial charge in [-0.1, -0.05) is 48.5 Å². The zero-order chi connectivity index (χ0) is 14.2. The number of carbonyl (C=O) groups is 1. The van der Waals surface area contributed by atoms with Crippen LogP contribution >= 0.6 is 0 Å². The number of nitrogens with zero attached hydrogens (tertiary/aromatic N) is 1. The third-order valence-electron chi connectivity index (χ3n) is 2.48. The van der Waals surface area contributed by atoms with Crippen molar-refractivity contribution in [1.82, 2.24) is 5.32 Å². The third kappa shape index (κ3) is 5.78. The fourth-order valence-corrected chi connectivity index (χ4v) is 1.57. The molecule has 0 heterocycles. The molecule has 2 aromatic rings. The summed E-state index contributed by atoms with van der Waals surface area (Å²) in [5.41, 5.74) is 7.30. The lowest BCUT2D eigenvalue weighted by atomic mass is 10.2. The van der Waals surface area contributed by atoms with E-state index in [0.29, 0.717) is 5.69 Å². The molecule has 0 saturated heterocycles. The van der Waals surface area contributed by atoms with Crippen LogP contribution in [-0.4, -0.2) is 20.3 Å². The summed E-state index contributed by atoms with van der Waals surface area (Å²) in [4.78, 5) is 15.7. The number of nitrogens with one attached hydrogen (secondary N) is 1. The van der Waals surface area contributed by atoms with Gasteiger partial charge in [0.2, 0.25) is 5.96 Å². The summed E-state index contributed by atoms with van der Waals surface area (Å²) >= 11 is 0. The molecule has 0 aliphatic rings. The van der Waals surface area contributed by atoms with Crippen LogP contribution in [0.4, 0.5) is 5.69 Å². The van der Waals surface area contributed by atoms with Crippen LogP contribution in [0.15, 0.2) is 71.7 Å². The number of aliphatic imine (C=N–C) groups is 1. The highest BCUT2D eigenvalue weighted by Crippen LogP contribution is 2.08. The van der Waals surface area contributed by atoms with E-state index in [1.165, 1.54) is 6.08 Å². The second kappa shape index (κ2) is 8.37. The van der Waals surface area contributed by atoms with Gasteiger partial charge in [0.15, 0.2) is 0 Å². The van der Waals surface area contributed by atoms with Gasteiger partial charge in [0.1, 0.15) is 0 Å². The molecule has 0 aliphatic carbocycles. The zero-order valence-corrected chi connectivity index (χ0v) is 11.4. The third-order valence-corrected chi connectivity index (χ3v) is 2.48. The van der Waals surface area contributed by atoms with E-state index in [4.69, 9.17) is 5.73 Å². The number of amides is 1. The van der Waals surface area contributed by atoms with Crippen molar-refractivity contribution in [1.29, 1.82) is 0 Å². The number of nitrogens with two attached hydrogens (primary N) is 1. The molecule has 0 atom stereocenters. The molecule has 3 N–H and O–H groups in total. The van der Waals surface area contributed by atoms with Crippen molar-refractivity contribution in [3.05, 3.63) is 72.3 Å². The number of guanidine groups is 1. The normalized spacial score (nSPS) is 11.0. The first-order valence-corrected chi connectivity index (χ1v) is 6.17. The quantitative estimate of drug-likeness (QED) is 0.390. The summed E-state index contributed by atoms with van der Waals surface area (Å²) in [5, 5.41) is 2.50. The predicted molar refractivity (Wildman–Crippen MR) is 87.1 cm³/mol. The smallest absolute Gasteiger partial charge is 0.250 e. The highest BCUT2D eigenvalue weighted by molar-refractivity contribution is 6.04. The van der Waals surface area contributed by atoms with Crippen LogP contribution in [0.5, 0.6) is 0 Å². The lowest BCUT2D eigenvalue weighted by molar-refractivity contribution is -0.115. The molecular formula is C16H15BN3O. The van der Waals surface area contributed by atoms with Crippen molar-refractivity contribution < 1.29 is 4.79 Å². The van der Waals surface area contributed by atoms with Gasteiger partial charge in [-0.15, -0.1) is 0 Å². The summed E-state index contributed by atoms with van der Waals surface area (Å²) < 4.78 is 0. The van der Waals surface area contributed by atoms with E-state index in [1.807, 2.05) is 48.5 Å². The van der Waals surface area contributed by atoms with Crippen molar-refractivity contribution in [2.24, 2.45) is 10.7 Å².